The molecule has 7 heteroatoms. The van der Waals surface area contributed by atoms with Crippen molar-refractivity contribution in [2.45, 2.75) is 36.6 Å². The van der Waals surface area contributed by atoms with Gasteiger partial charge in [0.2, 0.25) is 10.0 Å². The summed E-state index contributed by atoms with van der Waals surface area (Å²) in [6.45, 7) is 1.59. The molecule has 6 nitrogen and oxygen atoms in total. The molecule has 0 saturated carbocycles. The van der Waals surface area contributed by atoms with Crippen molar-refractivity contribution in [3.8, 4) is 0 Å². The van der Waals surface area contributed by atoms with Crippen LogP contribution >= 0.6 is 0 Å². The maximum atomic E-state index is 11.2. The number of sulfonamides is 1. The van der Waals surface area contributed by atoms with Crippen LogP contribution in [0.25, 0.3) is 0 Å². The number of hydrogen-bond donors (Lipinski definition) is 2. The first-order valence-electron chi connectivity index (χ1n) is 6.48. The Hall–Kier alpha value is -1.18. The predicted octanol–water partition coefficient (Wildman–Crippen LogP) is 0.437. The van der Waals surface area contributed by atoms with Crippen molar-refractivity contribution in [3.63, 3.8) is 0 Å². The van der Waals surface area contributed by atoms with E-state index in [1.807, 2.05) is 0 Å². The zero-order valence-corrected chi connectivity index (χ0v) is 11.6. The van der Waals surface area contributed by atoms with E-state index in [0.717, 1.165) is 31.6 Å². The number of anilines is 1. The van der Waals surface area contributed by atoms with Crippen LogP contribution in [0.3, 0.4) is 0 Å². The molecular weight excluding hydrogens is 264 g/mol. The molecule has 1 aromatic rings. The Balaban J connectivity index is 2.20. The molecule has 1 atom stereocenters. The highest BCUT2D eigenvalue weighted by atomic mass is 32.2. The van der Waals surface area contributed by atoms with Crippen LogP contribution in [-0.2, 0) is 10.0 Å². The maximum absolute atomic E-state index is 11.2. The van der Waals surface area contributed by atoms with E-state index in [1.54, 1.807) is 6.07 Å². The summed E-state index contributed by atoms with van der Waals surface area (Å²) >= 11 is 0. The Morgan fingerprint density at radius 2 is 2.16 bits per heavy atom. The van der Waals surface area contributed by atoms with E-state index in [1.165, 1.54) is 18.7 Å². The van der Waals surface area contributed by atoms with Crippen molar-refractivity contribution in [1.29, 1.82) is 0 Å². The molecule has 0 bridgehead atoms. The van der Waals surface area contributed by atoms with E-state index in [0.29, 0.717) is 12.6 Å². The van der Waals surface area contributed by atoms with Gasteiger partial charge in [-0.2, -0.15) is 0 Å². The molecule has 1 aromatic heterocycles. The summed E-state index contributed by atoms with van der Waals surface area (Å²) in [5, 5.41) is 5.06. The summed E-state index contributed by atoms with van der Waals surface area (Å²) in [5.41, 5.74) is 5.64. The van der Waals surface area contributed by atoms with Gasteiger partial charge in [-0.25, -0.2) is 18.5 Å². The van der Waals surface area contributed by atoms with Gasteiger partial charge < -0.3 is 10.6 Å². The minimum absolute atomic E-state index is 0.0450. The third-order valence-electron chi connectivity index (χ3n) is 3.47. The topological polar surface area (TPSA) is 102 Å². The number of nitrogens with zero attached hydrogens (tertiary/aromatic N) is 2. The zero-order valence-electron chi connectivity index (χ0n) is 10.8. The number of nitrogens with two attached hydrogens (primary N) is 2. The molecule has 1 saturated heterocycles. The summed E-state index contributed by atoms with van der Waals surface area (Å²) in [7, 11) is -3.68. The third kappa shape index (κ3) is 3.43. The molecule has 0 aliphatic carbocycles. The lowest BCUT2D eigenvalue weighted by Crippen LogP contribution is -2.41. The van der Waals surface area contributed by atoms with Crippen LogP contribution in [0.4, 0.5) is 5.82 Å². The first kappa shape index (κ1) is 14.2. The molecule has 2 heterocycles. The summed E-state index contributed by atoms with van der Waals surface area (Å²) < 4.78 is 22.4. The van der Waals surface area contributed by atoms with Crippen LogP contribution in [0.15, 0.2) is 23.2 Å². The van der Waals surface area contributed by atoms with Gasteiger partial charge in [0.1, 0.15) is 10.7 Å². The Kier molecular flexibility index (Phi) is 4.38. The quantitative estimate of drug-likeness (QED) is 0.835. The van der Waals surface area contributed by atoms with Gasteiger partial charge in [0, 0.05) is 18.8 Å². The van der Waals surface area contributed by atoms with E-state index < -0.39 is 10.0 Å². The van der Waals surface area contributed by atoms with Crippen LogP contribution in [0.5, 0.6) is 0 Å². The van der Waals surface area contributed by atoms with Gasteiger partial charge >= 0.3 is 0 Å². The lowest BCUT2D eigenvalue weighted by Gasteiger charge is -2.36. The Labute approximate surface area is 113 Å². The number of pyridine rings is 1. The molecule has 0 amide bonds. The zero-order chi connectivity index (χ0) is 13.9. The van der Waals surface area contributed by atoms with E-state index in [9.17, 15) is 8.42 Å². The van der Waals surface area contributed by atoms with Gasteiger partial charge in [-0.1, -0.05) is 0 Å². The van der Waals surface area contributed by atoms with Gasteiger partial charge in [-0.05, 0) is 44.4 Å². The standard InChI is InChI=1S/C12H20N4O2S/c13-7-6-10-3-1-2-8-16(10)12-5-4-11(9-15-12)19(14,17)18/h4-5,9-10H,1-3,6-8,13H2,(H2,14,17,18). The monoisotopic (exact) mass is 284 g/mol. The molecule has 4 N–H and O–H groups in total. The van der Waals surface area contributed by atoms with E-state index in [-0.39, 0.29) is 4.90 Å². The summed E-state index contributed by atoms with van der Waals surface area (Å²) in [6, 6.07) is 3.62. The molecule has 1 aliphatic heterocycles. The summed E-state index contributed by atoms with van der Waals surface area (Å²) in [4.78, 5) is 6.48. The summed E-state index contributed by atoms with van der Waals surface area (Å²) in [5.74, 6) is 0.797. The molecule has 0 spiro atoms. The number of piperidine rings is 1. The largest absolute Gasteiger partial charge is 0.354 e. The van der Waals surface area contributed by atoms with Gasteiger partial charge in [-0.3, -0.25) is 0 Å². The average Bonchev–Trinajstić information content (AvgIpc) is 2.39. The van der Waals surface area contributed by atoms with Crippen LogP contribution < -0.4 is 15.8 Å². The molecule has 1 unspecified atom stereocenters. The molecule has 106 valence electrons. The van der Waals surface area contributed by atoms with Gasteiger partial charge in [-0.15, -0.1) is 0 Å². The molecule has 19 heavy (non-hydrogen) atoms. The SMILES string of the molecule is NCCC1CCCCN1c1ccc(S(N)(=O)=O)cn1. The van der Waals surface area contributed by atoms with Crippen molar-refractivity contribution in [2.75, 3.05) is 18.0 Å². The second-order valence-corrected chi connectivity index (χ2v) is 6.38. The first-order chi connectivity index (χ1) is 9.02. The predicted molar refractivity (Wildman–Crippen MR) is 74.3 cm³/mol. The molecular formula is C12H20N4O2S. The van der Waals surface area contributed by atoms with E-state index in [2.05, 4.69) is 9.88 Å². The van der Waals surface area contributed by atoms with Gasteiger partial charge in [0.25, 0.3) is 0 Å². The number of primary sulfonamides is 1. The third-order valence-corrected chi connectivity index (χ3v) is 4.37. The Morgan fingerprint density at radius 3 is 2.74 bits per heavy atom. The highest BCUT2D eigenvalue weighted by molar-refractivity contribution is 7.89. The van der Waals surface area contributed by atoms with E-state index in [4.69, 9.17) is 10.9 Å². The highest BCUT2D eigenvalue weighted by Gasteiger charge is 2.23. The fourth-order valence-corrected chi connectivity index (χ4v) is 2.96. The highest BCUT2D eigenvalue weighted by Crippen LogP contribution is 2.25. The van der Waals surface area contributed by atoms with Crippen LogP contribution in [0.2, 0.25) is 0 Å². The van der Waals surface area contributed by atoms with Crippen molar-refractivity contribution in [1.82, 2.24) is 4.98 Å². The van der Waals surface area contributed by atoms with Crippen molar-refractivity contribution in [2.24, 2.45) is 10.9 Å². The Morgan fingerprint density at radius 1 is 1.37 bits per heavy atom. The second-order valence-electron chi connectivity index (χ2n) is 4.82. The number of aromatic nitrogens is 1. The lowest BCUT2D eigenvalue weighted by atomic mass is 9.99. The molecule has 1 aliphatic rings. The van der Waals surface area contributed by atoms with Crippen molar-refractivity contribution < 1.29 is 8.42 Å². The number of hydrogen-bond acceptors (Lipinski definition) is 5. The van der Waals surface area contributed by atoms with E-state index >= 15 is 0 Å². The smallest absolute Gasteiger partial charge is 0.239 e. The molecule has 1 fully saturated rings. The molecule has 0 aromatic carbocycles. The normalized spacial score (nSPS) is 20.5. The number of rotatable bonds is 4. The fraction of sp³-hybridized carbons (Fsp3) is 0.583. The first-order valence-corrected chi connectivity index (χ1v) is 8.02. The van der Waals surface area contributed by atoms with Crippen molar-refractivity contribution in [3.05, 3.63) is 18.3 Å². The maximum Gasteiger partial charge on any atom is 0.239 e. The minimum atomic E-state index is -3.68. The van der Waals surface area contributed by atoms with Gasteiger partial charge in [0.05, 0.1) is 0 Å². The average molecular weight is 284 g/mol. The lowest BCUT2D eigenvalue weighted by molar-refractivity contribution is 0.439. The fourth-order valence-electron chi connectivity index (χ4n) is 2.51. The minimum Gasteiger partial charge on any atom is -0.354 e. The molecule has 0 radical (unpaired) electrons. The summed E-state index contributed by atoms with van der Waals surface area (Å²) in [6.07, 6.45) is 5.68. The van der Waals surface area contributed by atoms with Gasteiger partial charge in [0.15, 0.2) is 0 Å². The van der Waals surface area contributed by atoms with Crippen molar-refractivity contribution >= 4 is 15.8 Å². The van der Waals surface area contributed by atoms with Crippen LogP contribution in [-0.4, -0.2) is 32.5 Å². The van der Waals surface area contributed by atoms with Crippen LogP contribution in [0.1, 0.15) is 25.7 Å². The molecule has 2 rings (SSSR count). The van der Waals surface area contributed by atoms with Crippen LogP contribution in [0, 0.1) is 0 Å². The second kappa shape index (κ2) is 5.85. The Bertz CT molecular complexity index is 513.